The summed E-state index contributed by atoms with van der Waals surface area (Å²) in [6.07, 6.45) is 0.165. The number of alkyl halides is 6. The molecule has 0 aliphatic heterocycles. The molecule has 1 amide bonds. The molecule has 1 N–H and O–H groups in total. The first-order valence-electron chi connectivity index (χ1n) is 9.24. The monoisotopic (exact) mass is 583 g/mol. The third kappa shape index (κ3) is 5.75. The highest BCUT2D eigenvalue weighted by Crippen LogP contribution is 2.36. The van der Waals surface area contributed by atoms with Gasteiger partial charge in [0.25, 0.3) is 15.7 Å². The molecule has 0 saturated heterocycles. The summed E-state index contributed by atoms with van der Waals surface area (Å²) < 4.78 is 103. The van der Waals surface area contributed by atoms with Gasteiger partial charge in [-0.1, -0.05) is 0 Å². The van der Waals surface area contributed by atoms with Crippen LogP contribution in [-0.2, 0) is 16.0 Å². The van der Waals surface area contributed by atoms with Crippen molar-refractivity contribution in [2.45, 2.75) is 29.5 Å². The maximum atomic E-state index is 13.2. The Hall–Kier alpha value is -3.14. The summed E-state index contributed by atoms with van der Waals surface area (Å²) in [5.74, 6) is -1.18. The van der Waals surface area contributed by atoms with Gasteiger partial charge in [0.1, 0.15) is 5.69 Å². The molecular weight excluding hydrogens is 572 g/mol. The molecule has 0 bridgehead atoms. The minimum Gasteiger partial charge on any atom is -0.344 e. The number of halogens is 7. The maximum Gasteiger partial charge on any atom is 0.501 e. The van der Waals surface area contributed by atoms with E-state index >= 15 is 0 Å². The van der Waals surface area contributed by atoms with Crippen LogP contribution >= 0.6 is 15.9 Å². The predicted octanol–water partition coefficient (Wildman–Crippen LogP) is 4.50. The van der Waals surface area contributed by atoms with E-state index in [9.17, 15) is 39.6 Å². The van der Waals surface area contributed by atoms with Gasteiger partial charge >= 0.3 is 11.7 Å². The van der Waals surface area contributed by atoms with Crippen LogP contribution < -0.4 is 5.32 Å². The van der Waals surface area contributed by atoms with E-state index < -0.39 is 49.5 Å². The van der Waals surface area contributed by atoms with Crippen molar-refractivity contribution in [3.05, 3.63) is 64.3 Å². The number of nitrogens with zero attached hydrogens (tertiary/aromatic N) is 4. The summed E-state index contributed by atoms with van der Waals surface area (Å²) in [6, 6.07) is -0.771. The van der Waals surface area contributed by atoms with E-state index in [0.717, 1.165) is 0 Å². The second-order valence-corrected chi connectivity index (χ2v) is 9.76. The fraction of sp³-hybridized carbons (Fsp3) is 0.211. The number of nitrogens with one attached hydrogen (secondary N) is 1. The molecule has 2 aromatic heterocycles. The first-order valence-corrected chi connectivity index (χ1v) is 11.5. The predicted molar refractivity (Wildman–Crippen MR) is 111 cm³/mol. The van der Waals surface area contributed by atoms with Gasteiger partial charge in [0.15, 0.2) is 5.82 Å². The Morgan fingerprint density at radius 2 is 1.57 bits per heavy atom. The van der Waals surface area contributed by atoms with Gasteiger partial charge in [-0.25, -0.2) is 23.4 Å². The fourth-order valence-corrected chi connectivity index (χ4v) is 3.84. The zero-order chi connectivity index (χ0) is 26.2. The van der Waals surface area contributed by atoms with Gasteiger partial charge in [-0.2, -0.15) is 26.3 Å². The van der Waals surface area contributed by atoms with Crippen molar-refractivity contribution in [1.82, 2.24) is 25.3 Å². The minimum atomic E-state index is -6.16. The van der Waals surface area contributed by atoms with Crippen molar-refractivity contribution >= 4 is 31.7 Å². The molecule has 186 valence electrons. The standard InChI is InChI=1S/C19H12BrF6N5O3S/c1-9(14-15(28-3-2-27-14)16-29-7-12(20)8-30-16)31-17(32)10-4-11(18(21,22)23)6-13(5-10)35(33,34)19(24,25)26/h2-9H,1H3,(H,31,32). The highest BCUT2D eigenvalue weighted by molar-refractivity contribution is 9.10. The summed E-state index contributed by atoms with van der Waals surface area (Å²) in [6.45, 7) is 1.38. The summed E-state index contributed by atoms with van der Waals surface area (Å²) in [5, 5.41) is 2.28. The highest BCUT2D eigenvalue weighted by atomic mass is 79.9. The molecule has 1 aromatic carbocycles. The highest BCUT2D eigenvalue weighted by Gasteiger charge is 2.48. The number of carbonyl (C=O) groups excluding carboxylic acids is 1. The van der Waals surface area contributed by atoms with Crippen molar-refractivity contribution in [2.24, 2.45) is 0 Å². The van der Waals surface area contributed by atoms with E-state index in [0.29, 0.717) is 4.47 Å². The SMILES string of the molecule is CC(NC(=O)c1cc(C(F)(F)F)cc(S(=O)(=O)C(F)(F)F)c1)c1nccnc1-c1ncc(Br)cn1. The van der Waals surface area contributed by atoms with Gasteiger partial charge in [-0.05, 0) is 41.1 Å². The number of sulfone groups is 1. The van der Waals surface area contributed by atoms with E-state index in [1.54, 1.807) is 0 Å². The second kappa shape index (κ2) is 9.49. The van der Waals surface area contributed by atoms with Crippen LogP contribution in [0.25, 0.3) is 11.5 Å². The molecule has 16 heteroatoms. The number of hydrogen-bond donors (Lipinski definition) is 1. The van der Waals surface area contributed by atoms with Crippen molar-refractivity contribution in [2.75, 3.05) is 0 Å². The van der Waals surface area contributed by atoms with Gasteiger partial charge in [0, 0.05) is 30.4 Å². The number of benzene rings is 1. The number of aromatic nitrogens is 4. The summed E-state index contributed by atoms with van der Waals surface area (Å²) in [7, 11) is -6.16. The molecule has 2 heterocycles. The average molecular weight is 584 g/mol. The van der Waals surface area contributed by atoms with Crippen molar-refractivity contribution in [1.29, 1.82) is 0 Å². The molecule has 0 aliphatic rings. The van der Waals surface area contributed by atoms with Crippen molar-refractivity contribution < 1.29 is 39.6 Å². The molecule has 0 radical (unpaired) electrons. The zero-order valence-corrected chi connectivity index (χ0v) is 19.6. The number of carbonyl (C=O) groups is 1. The Morgan fingerprint density at radius 1 is 0.971 bits per heavy atom. The van der Waals surface area contributed by atoms with E-state index in [2.05, 4.69) is 41.2 Å². The molecule has 0 fully saturated rings. The van der Waals surface area contributed by atoms with Gasteiger partial charge in [-0.15, -0.1) is 0 Å². The molecule has 0 saturated carbocycles. The van der Waals surface area contributed by atoms with Gasteiger partial charge in [-0.3, -0.25) is 9.78 Å². The maximum absolute atomic E-state index is 13.2. The van der Waals surface area contributed by atoms with Crippen LogP contribution in [0.4, 0.5) is 26.3 Å². The molecule has 0 aliphatic carbocycles. The quantitative estimate of drug-likeness (QED) is 0.440. The Balaban J connectivity index is 2.00. The minimum absolute atomic E-state index is 0.0956. The lowest BCUT2D eigenvalue weighted by molar-refractivity contribution is -0.137. The van der Waals surface area contributed by atoms with Gasteiger partial charge in [0.2, 0.25) is 0 Å². The summed E-state index contributed by atoms with van der Waals surface area (Å²) in [5.41, 5.74) is -8.36. The van der Waals surface area contributed by atoms with E-state index in [-0.39, 0.29) is 35.4 Å². The summed E-state index contributed by atoms with van der Waals surface area (Å²) in [4.78, 5) is 27.3. The van der Waals surface area contributed by atoms with Crippen LogP contribution in [0.5, 0.6) is 0 Å². The lowest BCUT2D eigenvalue weighted by Crippen LogP contribution is -2.29. The Morgan fingerprint density at radius 3 is 2.14 bits per heavy atom. The molecule has 1 unspecified atom stereocenters. The molecule has 3 aromatic rings. The topological polar surface area (TPSA) is 115 Å². The van der Waals surface area contributed by atoms with E-state index in [4.69, 9.17) is 0 Å². The van der Waals surface area contributed by atoms with Crippen LogP contribution in [0, 0.1) is 0 Å². The molecule has 3 rings (SSSR count). The van der Waals surface area contributed by atoms with E-state index in [1.807, 2.05) is 0 Å². The largest absolute Gasteiger partial charge is 0.501 e. The number of rotatable bonds is 5. The van der Waals surface area contributed by atoms with Crippen LogP contribution in [0.1, 0.15) is 34.6 Å². The first kappa shape index (κ1) is 26.5. The number of amides is 1. The van der Waals surface area contributed by atoms with Crippen molar-refractivity contribution in [3.63, 3.8) is 0 Å². The summed E-state index contributed by atoms with van der Waals surface area (Å²) >= 11 is 3.16. The van der Waals surface area contributed by atoms with Gasteiger partial charge < -0.3 is 5.32 Å². The molecule has 35 heavy (non-hydrogen) atoms. The van der Waals surface area contributed by atoms with E-state index in [1.165, 1.54) is 31.7 Å². The lowest BCUT2D eigenvalue weighted by Gasteiger charge is -2.17. The van der Waals surface area contributed by atoms with Crippen molar-refractivity contribution in [3.8, 4) is 11.5 Å². The average Bonchev–Trinajstić information content (AvgIpc) is 2.78. The normalized spacial score (nSPS) is 13.4. The molecule has 1 atom stereocenters. The molecule has 8 nitrogen and oxygen atoms in total. The Labute approximate surface area is 201 Å². The van der Waals surface area contributed by atoms with Crippen LogP contribution in [-0.4, -0.2) is 39.8 Å². The fourth-order valence-electron chi connectivity index (χ4n) is 2.80. The lowest BCUT2D eigenvalue weighted by atomic mass is 10.1. The molecular formula is C19H12BrF6N5O3S. The van der Waals surface area contributed by atoms with Crippen LogP contribution in [0.3, 0.4) is 0 Å². The Kier molecular flexibility index (Phi) is 7.17. The molecule has 0 spiro atoms. The van der Waals surface area contributed by atoms with Gasteiger partial charge in [0.05, 0.1) is 26.7 Å². The van der Waals surface area contributed by atoms with Crippen LogP contribution in [0.15, 0.2) is 52.4 Å². The van der Waals surface area contributed by atoms with Crippen LogP contribution in [0.2, 0.25) is 0 Å². The number of hydrogen-bond acceptors (Lipinski definition) is 7. The second-order valence-electron chi connectivity index (χ2n) is 6.90. The Bertz CT molecular complexity index is 1360. The third-order valence-electron chi connectivity index (χ3n) is 4.43. The smallest absolute Gasteiger partial charge is 0.344 e. The first-order chi connectivity index (χ1) is 16.1. The zero-order valence-electron chi connectivity index (χ0n) is 17.2. The third-order valence-corrected chi connectivity index (χ3v) is 6.30.